The number of rotatable bonds is 2. The van der Waals surface area contributed by atoms with Gasteiger partial charge in [-0.3, -0.25) is 0 Å². The summed E-state index contributed by atoms with van der Waals surface area (Å²) >= 11 is 0. The van der Waals surface area contributed by atoms with Crippen LogP contribution in [0.4, 0.5) is 5.69 Å². The van der Waals surface area contributed by atoms with Crippen LogP contribution in [0.5, 0.6) is 0 Å². The molecule has 1 saturated heterocycles. The highest BCUT2D eigenvalue weighted by Gasteiger charge is 2.54. The standard InChI is InChI=1S/C12H16N2/c13-6-10-11-7-14(8-12(10)11)9-4-2-1-3-5-9/h1-5,10-12H,6-8,13H2. The summed E-state index contributed by atoms with van der Waals surface area (Å²) in [6, 6.07) is 10.7. The van der Waals surface area contributed by atoms with E-state index < -0.39 is 0 Å². The fraction of sp³-hybridized carbons (Fsp3) is 0.500. The largest absolute Gasteiger partial charge is 0.371 e. The number of nitrogens with two attached hydrogens (primary N) is 1. The molecule has 0 amide bonds. The normalized spacial score (nSPS) is 34.4. The van der Waals surface area contributed by atoms with Crippen LogP contribution in [-0.4, -0.2) is 19.6 Å². The van der Waals surface area contributed by atoms with Crippen molar-refractivity contribution in [1.82, 2.24) is 0 Å². The smallest absolute Gasteiger partial charge is 0.0366 e. The van der Waals surface area contributed by atoms with Crippen molar-refractivity contribution < 1.29 is 0 Å². The number of anilines is 1. The van der Waals surface area contributed by atoms with E-state index in [-0.39, 0.29) is 0 Å². The van der Waals surface area contributed by atoms with Crippen LogP contribution in [0.1, 0.15) is 0 Å². The third-order valence-corrected chi connectivity index (χ3v) is 3.76. The Morgan fingerprint density at radius 2 is 1.79 bits per heavy atom. The molecule has 2 nitrogen and oxygen atoms in total. The molecule has 0 aromatic heterocycles. The maximum atomic E-state index is 5.69. The van der Waals surface area contributed by atoms with Crippen LogP contribution in [0.2, 0.25) is 0 Å². The molecule has 0 bridgehead atoms. The number of para-hydroxylation sites is 1. The highest BCUT2D eigenvalue weighted by Crippen LogP contribution is 2.51. The van der Waals surface area contributed by atoms with E-state index in [0.29, 0.717) is 0 Å². The molecule has 0 radical (unpaired) electrons. The first-order valence-electron chi connectivity index (χ1n) is 5.40. The Bertz CT molecular complexity index is 310. The molecule has 2 atom stereocenters. The Morgan fingerprint density at radius 1 is 1.14 bits per heavy atom. The van der Waals surface area contributed by atoms with Gasteiger partial charge in [0.2, 0.25) is 0 Å². The van der Waals surface area contributed by atoms with Crippen molar-refractivity contribution in [3.05, 3.63) is 30.3 Å². The molecule has 2 N–H and O–H groups in total. The monoisotopic (exact) mass is 188 g/mol. The Hall–Kier alpha value is -1.02. The van der Waals surface area contributed by atoms with Crippen LogP contribution in [0, 0.1) is 17.8 Å². The lowest BCUT2D eigenvalue weighted by molar-refractivity contribution is 0.648. The minimum atomic E-state index is 0.829. The third-order valence-electron chi connectivity index (χ3n) is 3.76. The van der Waals surface area contributed by atoms with Crippen molar-refractivity contribution in [2.24, 2.45) is 23.5 Å². The second-order valence-electron chi connectivity index (χ2n) is 4.47. The number of benzene rings is 1. The number of fused-ring (bicyclic) bond motifs is 1. The maximum Gasteiger partial charge on any atom is 0.0366 e. The van der Waals surface area contributed by atoms with Gasteiger partial charge in [-0.2, -0.15) is 0 Å². The number of nitrogens with zero attached hydrogens (tertiary/aromatic N) is 1. The molecule has 1 aromatic rings. The Balaban J connectivity index is 1.70. The van der Waals surface area contributed by atoms with Gasteiger partial charge in [0, 0.05) is 18.8 Å². The van der Waals surface area contributed by atoms with Crippen molar-refractivity contribution >= 4 is 5.69 Å². The zero-order valence-corrected chi connectivity index (χ0v) is 8.26. The van der Waals surface area contributed by atoms with E-state index >= 15 is 0 Å². The summed E-state index contributed by atoms with van der Waals surface area (Å²) < 4.78 is 0. The topological polar surface area (TPSA) is 29.3 Å². The summed E-state index contributed by atoms with van der Waals surface area (Å²) in [6.07, 6.45) is 0. The van der Waals surface area contributed by atoms with Gasteiger partial charge in [0.25, 0.3) is 0 Å². The van der Waals surface area contributed by atoms with Crippen LogP contribution >= 0.6 is 0 Å². The van der Waals surface area contributed by atoms with Gasteiger partial charge in [-0.25, -0.2) is 0 Å². The summed E-state index contributed by atoms with van der Waals surface area (Å²) in [5.74, 6) is 2.61. The maximum absolute atomic E-state index is 5.69. The number of piperidine rings is 1. The molecule has 2 unspecified atom stereocenters. The quantitative estimate of drug-likeness (QED) is 0.758. The Morgan fingerprint density at radius 3 is 2.36 bits per heavy atom. The fourth-order valence-electron chi connectivity index (χ4n) is 2.85. The van der Waals surface area contributed by atoms with Crippen molar-refractivity contribution in [2.75, 3.05) is 24.5 Å². The summed E-state index contributed by atoms with van der Waals surface area (Å²) in [5.41, 5.74) is 7.06. The molecule has 1 aliphatic heterocycles. The van der Waals surface area contributed by atoms with Gasteiger partial charge in [-0.1, -0.05) is 18.2 Å². The van der Waals surface area contributed by atoms with E-state index in [0.717, 1.165) is 24.3 Å². The first-order chi connectivity index (χ1) is 6.90. The molecule has 14 heavy (non-hydrogen) atoms. The third kappa shape index (κ3) is 1.14. The molecule has 3 rings (SSSR count). The van der Waals surface area contributed by atoms with E-state index in [4.69, 9.17) is 5.73 Å². The minimum absolute atomic E-state index is 0.829. The van der Waals surface area contributed by atoms with E-state index in [1.807, 2.05) is 0 Å². The zero-order chi connectivity index (χ0) is 9.54. The molecule has 0 spiro atoms. The van der Waals surface area contributed by atoms with Gasteiger partial charge in [-0.15, -0.1) is 0 Å². The van der Waals surface area contributed by atoms with Crippen molar-refractivity contribution in [3.8, 4) is 0 Å². The van der Waals surface area contributed by atoms with Gasteiger partial charge in [-0.05, 0) is 36.4 Å². The minimum Gasteiger partial charge on any atom is -0.371 e. The summed E-state index contributed by atoms with van der Waals surface area (Å²) in [7, 11) is 0. The zero-order valence-electron chi connectivity index (χ0n) is 8.26. The van der Waals surface area contributed by atoms with E-state index in [1.54, 1.807) is 0 Å². The Kier molecular flexibility index (Phi) is 1.77. The lowest BCUT2D eigenvalue weighted by atomic mass is 10.2. The number of hydrogen-bond acceptors (Lipinski definition) is 2. The van der Waals surface area contributed by atoms with Gasteiger partial charge in [0.15, 0.2) is 0 Å². The summed E-state index contributed by atoms with van der Waals surface area (Å²) in [6.45, 7) is 3.32. The average Bonchev–Trinajstić information content (AvgIpc) is 2.72. The first-order valence-corrected chi connectivity index (χ1v) is 5.40. The van der Waals surface area contributed by atoms with Crippen LogP contribution < -0.4 is 10.6 Å². The highest BCUT2D eigenvalue weighted by atomic mass is 15.2. The average molecular weight is 188 g/mol. The molecule has 1 aromatic carbocycles. The molecule has 1 saturated carbocycles. The second-order valence-corrected chi connectivity index (χ2v) is 4.47. The highest BCUT2D eigenvalue weighted by molar-refractivity contribution is 5.48. The fourth-order valence-corrected chi connectivity index (χ4v) is 2.85. The molecule has 2 fully saturated rings. The molecule has 2 heteroatoms. The summed E-state index contributed by atoms with van der Waals surface area (Å²) in [5, 5.41) is 0. The van der Waals surface area contributed by atoms with Gasteiger partial charge < -0.3 is 10.6 Å². The van der Waals surface area contributed by atoms with Crippen molar-refractivity contribution in [3.63, 3.8) is 0 Å². The molecule has 1 aliphatic carbocycles. The van der Waals surface area contributed by atoms with Crippen LogP contribution in [0.15, 0.2) is 30.3 Å². The Labute approximate surface area is 84.7 Å². The van der Waals surface area contributed by atoms with Crippen LogP contribution in [0.3, 0.4) is 0 Å². The van der Waals surface area contributed by atoms with E-state index in [9.17, 15) is 0 Å². The van der Waals surface area contributed by atoms with Gasteiger partial charge in [0.05, 0.1) is 0 Å². The summed E-state index contributed by atoms with van der Waals surface area (Å²) in [4.78, 5) is 2.49. The van der Waals surface area contributed by atoms with Crippen molar-refractivity contribution in [1.29, 1.82) is 0 Å². The molecule has 1 heterocycles. The van der Waals surface area contributed by atoms with Gasteiger partial charge >= 0.3 is 0 Å². The van der Waals surface area contributed by atoms with E-state index in [1.165, 1.54) is 18.8 Å². The molecular weight excluding hydrogens is 172 g/mol. The predicted molar refractivity (Wildman–Crippen MR) is 58.2 cm³/mol. The first kappa shape index (κ1) is 8.30. The molecular formula is C12H16N2. The van der Waals surface area contributed by atoms with Gasteiger partial charge in [0.1, 0.15) is 0 Å². The van der Waals surface area contributed by atoms with Crippen LogP contribution in [-0.2, 0) is 0 Å². The van der Waals surface area contributed by atoms with Crippen molar-refractivity contribution in [2.45, 2.75) is 0 Å². The molecule has 2 aliphatic rings. The SMILES string of the molecule is NCC1C2CN(c3ccccc3)CC12. The van der Waals surface area contributed by atoms with Crippen LogP contribution in [0.25, 0.3) is 0 Å². The van der Waals surface area contributed by atoms with E-state index in [2.05, 4.69) is 35.2 Å². The number of hydrogen-bond donors (Lipinski definition) is 1. The lowest BCUT2D eigenvalue weighted by Gasteiger charge is -2.21. The predicted octanol–water partition coefficient (Wildman–Crippen LogP) is 1.33. The lowest BCUT2D eigenvalue weighted by Crippen LogP contribution is -2.25. The second kappa shape index (κ2) is 2.99. The molecule has 74 valence electrons.